The Morgan fingerprint density at radius 3 is 2.58 bits per heavy atom. The number of para-hydroxylation sites is 1. The molecule has 0 aromatic heterocycles. The summed E-state index contributed by atoms with van der Waals surface area (Å²) >= 11 is 0. The van der Waals surface area contributed by atoms with Crippen LogP contribution in [0.4, 0.5) is 10.1 Å². The lowest BCUT2D eigenvalue weighted by atomic mass is 10.3. The lowest BCUT2D eigenvalue weighted by Crippen LogP contribution is -2.40. The molecule has 0 fully saturated rings. The van der Waals surface area contributed by atoms with Crippen LogP contribution < -0.4 is 9.62 Å². The Bertz CT molecular complexity index is 505. The van der Waals surface area contributed by atoms with Crippen LogP contribution in [0.2, 0.25) is 0 Å². The van der Waals surface area contributed by atoms with Crippen molar-refractivity contribution in [3.63, 3.8) is 0 Å². The lowest BCUT2D eigenvalue weighted by Gasteiger charge is -2.24. The Balaban J connectivity index is 2.85. The second-order valence-corrected chi connectivity index (χ2v) is 6.86. The monoisotopic (exact) mass is 288 g/mol. The zero-order valence-corrected chi connectivity index (χ0v) is 12.4. The summed E-state index contributed by atoms with van der Waals surface area (Å²) in [4.78, 5) is 0. The average molecular weight is 288 g/mol. The summed E-state index contributed by atoms with van der Waals surface area (Å²) in [5.74, 6) is -0.540. The van der Waals surface area contributed by atoms with E-state index >= 15 is 0 Å². The molecule has 0 saturated heterocycles. The van der Waals surface area contributed by atoms with Crippen LogP contribution in [0.15, 0.2) is 24.3 Å². The van der Waals surface area contributed by atoms with Crippen LogP contribution in [0.1, 0.15) is 20.3 Å². The van der Waals surface area contributed by atoms with Crippen LogP contribution in [-0.2, 0) is 10.0 Å². The molecule has 0 aliphatic heterocycles. The quantitative estimate of drug-likeness (QED) is 0.781. The Labute approximate surface area is 114 Å². The number of anilines is 1. The van der Waals surface area contributed by atoms with Crippen molar-refractivity contribution in [1.29, 1.82) is 0 Å². The zero-order chi connectivity index (χ0) is 14.5. The highest BCUT2D eigenvalue weighted by atomic mass is 32.2. The van der Waals surface area contributed by atoms with E-state index in [4.69, 9.17) is 0 Å². The van der Waals surface area contributed by atoms with E-state index in [9.17, 15) is 12.8 Å². The van der Waals surface area contributed by atoms with Gasteiger partial charge in [0.15, 0.2) is 0 Å². The fourth-order valence-electron chi connectivity index (χ4n) is 1.70. The van der Waals surface area contributed by atoms with Gasteiger partial charge in [-0.25, -0.2) is 12.8 Å². The van der Waals surface area contributed by atoms with Crippen LogP contribution in [-0.4, -0.2) is 33.8 Å². The minimum Gasteiger partial charge on any atom is -0.315 e. The van der Waals surface area contributed by atoms with Gasteiger partial charge < -0.3 is 5.32 Å². The van der Waals surface area contributed by atoms with Gasteiger partial charge in [-0.2, -0.15) is 0 Å². The predicted octanol–water partition coefficient (Wildman–Crippen LogP) is 1.98. The van der Waals surface area contributed by atoms with Crippen molar-refractivity contribution in [3.8, 4) is 0 Å². The van der Waals surface area contributed by atoms with Gasteiger partial charge in [0, 0.05) is 13.6 Å². The van der Waals surface area contributed by atoms with Crippen molar-refractivity contribution >= 4 is 15.7 Å². The molecule has 0 aliphatic rings. The molecular weight excluding hydrogens is 267 g/mol. The van der Waals surface area contributed by atoms with Crippen molar-refractivity contribution in [2.45, 2.75) is 25.5 Å². The molecule has 0 spiro atoms. The first kappa shape index (κ1) is 15.9. The fraction of sp³-hybridized carbons (Fsp3) is 0.538. The smallest absolute Gasteiger partial charge is 0.238 e. The van der Waals surface area contributed by atoms with Gasteiger partial charge >= 0.3 is 0 Å². The van der Waals surface area contributed by atoms with Gasteiger partial charge in [0.2, 0.25) is 10.0 Å². The third-order valence-electron chi connectivity index (χ3n) is 2.94. The maximum atomic E-state index is 13.6. The van der Waals surface area contributed by atoms with Gasteiger partial charge in [0.1, 0.15) is 5.82 Å². The number of sulfonamides is 1. The number of nitrogens with one attached hydrogen (secondary N) is 1. The van der Waals surface area contributed by atoms with Gasteiger partial charge in [0.25, 0.3) is 0 Å². The molecule has 1 unspecified atom stereocenters. The average Bonchev–Trinajstić information content (AvgIpc) is 2.38. The number of benzene rings is 1. The Kier molecular flexibility index (Phi) is 5.75. The van der Waals surface area contributed by atoms with Crippen molar-refractivity contribution in [2.24, 2.45) is 0 Å². The summed E-state index contributed by atoms with van der Waals surface area (Å²) in [5, 5.41) is 2.45. The molecule has 1 rings (SSSR count). The van der Waals surface area contributed by atoms with Crippen LogP contribution in [0.5, 0.6) is 0 Å². The van der Waals surface area contributed by atoms with Crippen LogP contribution in [0.3, 0.4) is 0 Å². The summed E-state index contributed by atoms with van der Waals surface area (Å²) in [6.45, 7) is 4.76. The molecule has 0 bridgehead atoms. The maximum Gasteiger partial charge on any atom is 0.238 e. The molecule has 4 nitrogen and oxygen atoms in total. The molecule has 108 valence electrons. The summed E-state index contributed by atoms with van der Waals surface area (Å²) in [6.07, 6.45) is 0.940. The van der Waals surface area contributed by atoms with Gasteiger partial charge in [-0.3, -0.25) is 4.31 Å². The first-order valence-corrected chi connectivity index (χ1v) is 7.84. The van der Waals surface area contributed by atoms with Gasteiger partial charge in [0.05, 0.1) is 10.9 Å². The molecule has 0 aliphatic carbocycles. The molecule has 0 amide bonds. The summed E-state index contributed by atoms with van der Waals surface area (Å²) in [5.41, 5.74) is 0.0739. The third kappa shape index (κ3) is 3.91. The van der Waals surface area contributed by atoms with Gasteiger partial charge in [-0.1, -0.05) is 19.1 Å². The van der Waals surface area contributed by atoms with Crippen LogP contribution in [0.25, 0.3) is 0 Å². The number of halogens is 1. The molecule has 19 heavy (non-hydrogen) atoms. The fourth-order valence-corrected chi connectivity index (χ4v) is 2.99. The van der Waals surface area contributed by atoms with Crippen LogP contribution >= 0.6 is 0 Å². The van der Waals surface area contributed by atoms with Crippen molar-refractivity contribution in [1.82, 2.24) is 5.32 Å². The topological polar surface area (TPSA) is 49.4 Å². The Morgan fingerprint density at radius 2 is 2.00 bits per heavy atom. The predicted molar refractivity (Wildman–Crippen MR) is 76.3 cm³/mol. The Hall–Kier alpha value is -1.14. The maximum absolute atomic E-state index is 13.6. The molecule has 1 atom stereocenters. The zero-order valence-electron chi connectivity index (χ0n) is 11.6. The molecule has 1 aromatic carbocycles. The standard InChI is InChI=1S/C13H21FN2O2S/c1-4-9-15-10-11(2)19(17,18)16(3)13-8-6-5-7-12(13)14/h5-8,11,15H,4,9-10H2,1-3H3. The molecule has 0 heterocycles. The molecule has 1 N–H and O–H groups in total. The first-order chi connectivity index (χ1) is 8.91. The van der Waals surface area contributed by atoms with E-state index in [1.54, 1.807) is 13.0 Å². The van der Waals surface area contributed by atoms with Crippen molar-refractivity contribution in [3.05, 3.63) is 30.1 Å². The minimum absolute atomic E-state index is 0.0739. The molecule has 0 radical (unpaired) electrons. The normalized spacial score (nSPS) is 13.3. The third-order valence-corrected chi connectivity index (χ3v) is 5.08. The summed E-state index contributed by atoms with van der Waals surface area (Å²) < 4.78 is 39.2. The number of hydrogen-bond donors (Lipinski definition) is 1. The molecule has 0 saturated carbocycles. The van der Waals surface area contributed by atoms with E-state index < -0.39 is 21.1 Å². The van der Waals surface area contributed by atoms with E-state index in [-0.39, 0.29) is 5.69 Å². The summed E-state index contributed by atoms with van der Waals surface area (Å²) in [7, 11) is -2.19. The van der Waals surface area contributed by atoms with Crippen LogP contribution in [0, 0.1) is 5.82 Å². The van der Waals surface area contributed by atoms with E-state index in [2.05, 4.69) is 5.32 Å². The highest BCUT2D eigenvalue weighted by molar-refractivity contribution is 7.93. The van der Waals surface area contributed by atoms with E-state index in [1.807, 2.05) is 6.92 Å². The minimum atomic E-state index is -3.56. The molecular formula is C13H21FN2O2S. The molecule has 6 heteroatoms. The number of rotatable bonds is 7. The first-order valence-electron chi connectivity index (χ1n) is 6.34. The molecule has 1 aromatic rings. The Morgan fingerprint density at radius 1 is 1.37 bits per heavy atom. The SMILES string of the molecule is CCCNCC(C)S(=O)(=O)N(C)c1ccccc1F. The second kappa shape index (κ2) is 6.86. The highest BCUT2D eigenvalue weighted by Gasteiger charge is 2.27. The van der Waals surface area contributed by atoms with E-state index in [0.717, 1.165) is 17.3 Å². The highest BCUT2D eigenvalue weighted by Crippen LogP contribution is 2.21. The number of nitrogens with zero attached hydrogens (tertiary/aromatic N) is 1. The largest absolute Gasteiger partial charge is 0.315 e. The van der Waals surface area contributed by atoms with Gasteiger partial charge in [-0.15, -0.1) is 0 Å². The van der Waals surface area contributed by atoms with Crippen molar-refractivity contribution < 1.29 is 12.8 Å². The number of hydrogen-bond acceptors (Lipinski definition) is 3. The van der Waals surface area contributed by atoms with E-state index in [0.29, 0.717) is 6.54 Å². The van der Waals surface area contributed by atoms with Gasteiger partial charge in [-0.05, 0) is 32.0 Å². The van der Waals surface area contributed by atoms with Crippen molar-refractivity contribution in [2.75, 3.05) is 24.4 Å². The summed E-state index contributed by atoms with van der Waals surface area (Å²) in [6, 6.07) is 5.86. The lowest BCUT2D eigenvalue weighted by molar-refractivity contribution is 0.566. The van der Waals surface area contributed by atoms with E-state index in [1.165, 1.54) is 25.2 Å². The second-order valence-electron chi connectivity index (χ2n) is 4.48.